The van der Waals surface area contributed by atoms with Gasteiger partial charge in [-0.3, -0.25) is 14.5 Å². The maximum absolute atomic E-state index is 12.8. The molecule has 1 N–H and O–H groups in total. The fourth-order valence-electron chi connectivity index (χ4n) is 3.91. The predicted molar refractivity (Wildman–Crippen MR) is 88.0 cm³/mol. The highest BCUT2D eigenvalue weighted by molar-refractivity contribution is 5.86. The zero-order chi connectivity index (χ0) is 14.8. The van der Waals surface area contributed by atoms with Crippen molar-refractivity contribution in [2.24, 2.45) is 5.92 Å². The lowest BCUT2D eigenvalue weighted by Crippen LogP contribution is -2.55. The normalized spacial score (nSPS) is 27.1. The summed E-state index contributed by atoms with van der Waals surface area (Å²) in [6.07, 6.45) is 7.68. The second kappa shape index (κ2) is 7.64. The zero-order valence-corrected chi connectivity index (χ0v) is 14.2. The molecule has 126 valence electrons. The third-order valence-electron chi connectivity index (χ3n) is 5.19. The van der Waals surface area contributed by atoms with E-state index in [1.807, 2.05) is 4.90 Å². The van der Waals surface area contributed by atoms with Gasteiger partial charge < -0.3 is 10.2 Å². The number of carbonyl (C=O) groups excluding carboxylic acids is 2. The molecule has 0 aromatic carbocycles. The standard InChI is InChI=1S/C16H27N3O2.ClH/c1-17-15(20)14(12-7-8-12)19-11-5-6-13(19)16(21)18-9-3-2-4-10-18;/h12-14H,2-11H2,1H3,(H,17,20);1H/t13-,14+;/m0./s1. The molecular weight excluding hydrogens is 302 g/mol. The van der Waals surface area contributed by atoms with Crippen LogP contribution < -0.4 is 5.32 Å². The molecule has 2 atom stereocenters. The van der Waals surface area contributed by atoms with Gasteiger partial charge >= 0.3 is 0 Å². The molecule has 0 aromatic heterocycles. The van der Waals surface area contributed by atoms with Crippen molar-refractivity contribution in [1.82, 2.24) is 15.1 Å². The van der Waals surface area contributed by atoms with Crippen molar-refractivity contribution in [2.75, 3.05) is 26.7 Å². The summed E-state index contributed by atoms with van der Waals surface area (Å²) < 4.78 is 0. The molecule has 5 nitrogen and oxygen atoms in total. The minimum atomic E-state index is -0.0868. The summed E-state index contributed by atoms with van der Waals surface area (Å²) in [6.45, 7) is 2.69. The predicted octanol–water partition coefficient (Wildman–Crippen LogP) is 1.41. The van der Waals surface area contributed by atoms with Crippen LogP contribution in [0.2, 0.25) is 0 Å². The fraction of sp³-hybridized carbons (Fsp3) is 0.875. The second-order valence-electron chi connectivity index (χ2n) is 6.68. The number of piperidine rings is 1. The molecule has 22 heavy (non-hydrogen) atoms. The number of rotatable bonds is 4. The van der Waals surface area contributed by atoms with Crippen LogP contribution in [0, 0.1) is 5.92 Å². The van der Waals surface area contributed by atoms with Crippen LogP contribution in [0.15, 0.2) is 0 Å². The highest BCUT2D eigenvalue weighted by Gasteiger charge is 2.46. The number of hydrogen-bond donors (Lipinski definition) is 1. The van der Waals surface area contributed by atoms with Gasteiger partial charge in [-0.1, -0.05) is 0 Å². The quantitative estimate of drug-likeness (QED) is 0.848. The number of halogens is 1. The molecule has 0 radical (unpaired) electrons. The van der Waals surface area contributed by atoms with Crippen molar-refractivity contribution in [3.05, 3.63) is 0 Å². The molecule has 0 unspecified atom stereocenters. The Hall–Kier alpha value is -0.810. The number of nitrogens with zero attached hydrogens (tertiary/aromatic N) is 2. The van der Waals surface area contributed by atoms with E-state index in [9.17, 15) is 9.59 Å². The van der Waals surface area contributed by atoms with Gasteiger partial charge in [0, 0.05) is 20.1 Å². The van der Waals surface area contributed by atoms with E-state index in [-0.39, 0.29) is 36.3 Å². The lowest BCUT2D eigenvalue weighted by molar-refractivity contribution is -0.139. The fourth-order valence-corrected chi connectivity index (χ4v) is 3.91. The Labute approximate surface area is 139 Å². The van der Waals surface area contributed by atoms with Gasteiger partial charge in [0.25, 0.3) is 0 Å². The Kier molecular flexibility index (Phi) is 6.09. The van der Waals surface area contributed by atoms with Gasteiger partial charge in [0.15, 0.2) is 0 Å². The van der Waals surface area contributed by atoms with Crippen LogP contribution in [0.1, 0.15) is 44.9 Å². The Morgan fingerprint density at radius 3 is 2.27 bits per heavy atom. The van der Waals surface area contributed by atoms with Crippen LogP contribution in [0.25, 0.3) is 0 Å². The number of amides is 2. The average Bonchev–Trinajstić information content (AvgIpc) is 3.24. The van der Waals surface area contributed by atoms with Crippen molar-refractivity contribution in [3.8, 4) is 0 Å². The largest absolute Gasteiger partial charge is 0.358 e. The van der Waals surface area contributed by atoms with Crippen LogP contribution in [0.4, 0.5) is 0 Å². The van der Waals surface area contributed by atoms with E-state index in [1.165, 1.54) is 6.42 Å². The van der Waals surface area contributed by atoms with Crippen molar-refractivity contribution in [3.63, 3.8) is 0 Å². The van der Waals surface area contributed by atoms with Gasteiger partial charge in [0.05, 0.1) is 12.1 Å². The molecule has 0 bridgehead atoms. The van der Waals surface area contributed by atoms with Crippen molar-refractivity contribution in [1.29, 1.82) is 0 Å². The maximum Gasteiger partial charge on any atom is 0.239 e. The Morgan fingerprint density at radius 2 is 1.68 bits per heavy atom. The molecule has 2 saturated heterocycles. The van der Waals surface area contributed by atoms with Crippen LogP contribution in [-0.2, 0) is 9.59 Å². The van der Waals surface area contributed by atoms with Gasteiger partial charge in [0.2, 0.25) is 11.8 Å². The molecular formula is C16H28ClN3O2. The molecule has 2 aliphatic heterocycles. The number of likely N-dealkylation sites (N-methyl/N-ethyl adjacent to an activating group) is 1. The van der Waals surface area contributed by atoms with E-state index < -0.39 is 0 Å². The van der Waals surface area contributed by atoms with E-state index in [1.54, 1.807) is 7.05 Å². The van der Waals surface area contributed by atoms with Crippen molar-refractivity contribution < 1.29 is 9.59 Å². The first-order chi connectivity index (χ1) is 10.2. The van der Waals surface area contributed by atoms with E-state index in [2.05, 4.69) is 10.2 Å². The summed E-state index contributed by atoms with van der Waals surface area (Å²) in [6, 6.07) is -0.151. The molecule has 2 heterocycles. The van der Waals surface area contributed by atoms with Gasteiger partial charge in [-0.25, -0.2) is 0 Å². The van der Waals surface area contributed by atoms with E-state index >= 15 is 0 Å². The van der Waals surface area contributed by atoms with Crippen LogP contribution in [0.3, 0.4) is 0 Å². The highest BCUT2D eigenvalue weighted by Crippen LogP contribution is 2.38. The molecule has 3 aliphatic rings. The Bertz CT molecular complexity index is 408. The molecule has 2 amide bonds. The molecule has 0 spiro atoms. The Balaban J connectivity index is 0.00000176. The van der Waals surface area contributed by atoms with E-state index in [4.69, 9.17) is 0 Å². The summed E-state index contributed by atoms with van der Waals surface area (Å²) in [5.74, 6) is 0.817. The first-order valence-electron chi connectivity index (χ1n) is 8.48. The lowest BCUT2D eigenvalue weighted by Gasteiger charge is -2.35. The van der Waals surface area contributed by atoms with Gasteiger partial charge in [0.1, 0.15) is 0 Å². The van der Waals surface area contributed by atoms with Gasteiger partial charge in [-0.05, 0) is 57.4 Å². The number of carbonyl (C=O) groups is 2. The molecule has 3 fully saturated rings. The third kappa shape index (κ3) is 3.57. The monoisotopic (exact) mass is 329 g/mol. The summed E-state index contributed by atoms with van der Waals surface area (Å²) in [5, 5.41) is 2.80. The summed E-state index contributed by atoms with van der Waals surface area (Å²) >= 11 is 0. The van der Waals surface area contributed by atoms with Gasteiger partial charge in [-0.2, -0.15) is 0 Å². The molecule has 1 saturated carbocycles. The van der Waals surface area contributed by atoms with Crippen LogP contribution >= 0.6 is 12.4 Å². The first-order valence-corrected chi connectivity index (χ1v) is 8.48. The molecule has 3 rings (SSSR count). The minimum absolute atomic E-state index is 0. The van der Waals surface area contributed by atoms with Gasteiger partial charge in [-0.15, -0.1) is 12.4 Å². The van der Waals surface area contributed by atoms with Crippen molar-refractivity contribution >= 4 is 24.2 Å². The number of hydrogen-bond acceptors (Lipinski definition) is 3. The summed E-state index contributed by atoms with van der Waals surface area (Å²) in [7, 11) is 1.70. The summed E-state index contributed by atoms with van der Waals surface area (Å²) in [5.41, 5.74) is 0. The summed E-state index contributed by atoms with van der Waals surface area (Å²) in [4.78, 5) is 29.3. The SMILES string of the molecule is CNC(=O)[C@@H](C1CC1)N1CCC[C@H]1C(=O)N1CCCCC1.Cl. The maximum atomic E-state index is 12.8. The molecule has 1 aliphatic carbocycles. The number of likely N-dealkylation sites (tertiary alicyclic amines) is 2. The first kappa shape index (κ1) is 17.5. The van der Waals surface area contributed by atoms with Crippen LogP contribution in [-0.4, -0.2) is 60.4 Å². The van der Waals surface area contributed by atoms with Crippen molar-refractivity contribution in [2.45, 2.75) is 57.0 Å². The molecule has 6 heteroatoms. The smallest absolute Gasteiger partial charge is 0.239 e. The topological polar surface area (TPSA) is 52.7 Å². The third-order valence-corrected chi connectivity index (χ3v) is 5.19. The minimum Gasteiger partial charge on any atom is -0.358 e. The second-order valence-corrected chi connectivity index (χ2v) is 6.68. The molecule has 0 aromatic rings. The lowest BCUT2D eigenvalue weighted by atomic mass is 10.1. The van der Waals surface area contributed by atoms with E-state index in [0.717, 1.165) is 58.2 Å². The number of nitrogens with one attached hydrogen (secondary N) is 1. The van der Waals surface area contributed by atoms with Crippen LogP contribution in [0.5, 0.6) is 0 Å². The highest BCUT2D eigenvalue weighted by atomic mass is 35.5. The zero-order valence-electron chi connectivity index (χ0n) is 13.4. The van der Waals surface area contributed by atoms with E-state index in [0.29, 0.717) is 5.92 Å². The Morgan fingerprint density at radius 1 is 1.00 bits per heavy atom. The average molecular weight is 330 g/mol.